The first kappa shape index (κ1) is 22.8. The molecule has 0 aromatic heterocycles. The van der Waals surface area contributed by atoms with Crippen LogP contribution in [-0.2, 0) is 10.0 Å². The number of amides is 1. The van der Waals surface area contributed by atoms with Crippen LogP contribution in [0.25, 0.3) is 0 Å². The SMILES string of the molecule is CNCCCNC(=O)c1cccc(S(=O)(=O)Nc2ccc(OC)cc2)c1.Cl. The molecule has 0 unspecified atom stereocenters. The second-order valence-corrected chi connectivity index (χ2v) is 7.26. The summed E-state index contributed by atoms with van der Waals surface area (Å²) >= 11 is 0. The van der Waals surface area contributed by atoms with Gasteiger partial charge in [-0.3, -0.25) is 9.52 Å². The van der Waals surface area contributed by atoms with Gasteiger partial charge >= 0.3 is 0 Å². The average Bonchev–Trinajstić information content (AvgIpc) is 2.65. The van der Waals surface area contributed by atoms with Gasteiger partial charge in [-0.2, -0.15) is 0 Å². The van der Waals surface area contributed by atoms with Crippen LogP contribution in [0, 0.1) is 0 Å². The van der Waals surface area contributed by atoms with Crippen molar-refractivity contribution in [3.63, 3.8) is 0 Å². The molecule has 2 aromatic rings. The lowest BCUT2D eigenvalue weighted by molar-refractivity contribution is 0.0953. The molecule has 1 amide bonds. The van der Waals surface area contributed by atoms with Gasteiger partial charge in [-0.25, -0.2) is 8.42 Å². The summed E-state index contributed by atoms with van der Waals surface area (Å²) < 4.78 is 32.6. The van der Waals surface area contributed by atoms with E-state index in [1.165, 1.54) is 19.2 Å². The lowest BCUT2D eigenvalue weighted by atomic mass is 10.2. The van der Waals surface area contributed by atoms with Gasteiger partial charge in [-0.1, -0.05) is 6.07 Å². The quantitative estimate of drug-likeness (QED) is 0.548. The Morgan fingerprint density at radius 1 is 1.07 bits per heavy atom. The predicted octanol–water partition coefficient (Wildman–Crippen LogP) is 2.26. The summed E-state index contributed by atoms with van der Waals surface area (Å²) in [7, 11) is -0.423. The predicted molar refractivity (Wildman–Crippen MR) is 108 cm³/mol. The van der Waals surface area contributed by atoms with Crippen LogP contribution in [-0.4, -0.2) is 41.6 Å². The van der Waals surface area contributed by atoms with Crippen LogP contribution in [0.15, 0.2) is 53.4 Å². The summed E-state index contributed by atoms with van der Waals surface area (Å²) in [6, 6.07) is 12.5. The van der Waals surface area contributed by atoms with Crippen molar-refractivity contribution in [1.82, 2.24) is 10.6 Å². The standard InChI is InChI=1S/C18H23N3O4S.ClH/c1-19-11-4-12-20-18(22)14-5-3-6-17(13-14)26(23,24)21-15-7-9-16(25-2)10-8-15;/h3,5-10,13,19,21H,4,11-12H2,1-2H3,(H,20,22);1H. The average molecular weight is 414 g/mol. The van der Waals surface area contributed by atoms with Gasteiger partial charge in [0.25, 0.3) is 15.9 Å². The number of sulfonamides is 1. The number of carbonyl (C=O) groups excluding carboxylic acids is 1. The lowest BCUT2D eigenvalue weighted by Gasteiger charge is -2.10. The molecule has 9 heteroatoms. The zero-order valence-corrected chi connectivity index (χ0v) is 16.8. The molecule has 0 saturated carbocycles. The maximum absolute atomic E-state index is 12.5. The van der Waals surface area contributed by atoms with Gasteiger partial charge in [0.15, 0.2) is 0 Å². The molecule has 0 aliphatic rings. The van der Waals surface area contributed by atoms with Gasteiger partial charge in [0.2, 0.25) is 0 Å². The third-order valence-electron chi connectivity index (χ3n) is 3.64. The van der Waals surface area contributed by atoms with E-state index in [0.29, 0.717) is 23.5 Å². The summed E-state index contributed by atoms with van der Waals surface area (Å²) in [5, 5.41) is 5.76. The van der Waals surface area contributed by atoms with Crippen LogP contribution in [0.5, 0.6) is 5.75 Å². The Hall–Kier alpha value is -2.29. The number of benzene rings is 2. The minimum Gasteiger partial charge on any atom is -0.497 e. The topological polar surface area (TPSA) is 96.5 Å². The van der Waals surface area contributed by atoms with E-state index in [9.17, 15) is 13.2 Å². The zero-order chi connectivity index (χ0) is 19.0. The van der Waals surface area contributed by atoms with E-state index in [0.717, 1.165) is 13.0 Å². The fourth-order valence-corrected chi connectivity index (χ4v) is 3.35. The summed E-state index contributed by atoms with van der Waals surface area (Å²) in [5.41, 5.74) is 0.708. The number of hydrogen-bond donors (Lipinski definition) is 3. The molecule has 0 fully saturated rings. The molecule has 7 nitrogen and oxygen atoms in total. The molecule has 0 atom stereocenters. The van der Waals surface area contributed by atoms with Crippen LogP contribution in [0.2, 0.25) is 0 Å². The normalized spacial score (nSPS) is 10.6. The van der Waals surface area contributed by atoms with E-state index < -0.39 is 10.0 Å². The van der Waals surface area contributed by atoms with Gasteiger partial charge in [-0.05, 0) is 62.5 Å². The van der Waals surface area contributed by atoms with Gasteiger partial charge < -0.3 is 15.4 Å². The number of anilines is 1. The van der Waals surface area contributed by atoms with Gasteiger partial charge in [0, 0.05) is 17.8 Å². The highest BCUT2D eigenvalue weighted by Gasteiger charge is 2.16. The first-order valence-electron chi connectivity index (χ1n) is 8.16. The summed E-state index contributed by atoms with van der Waals surface area (Å²) in [5.74, 6) is 0.326. The fourth-order valence-electron chi connectivity index (χ4n) is 2.25. The molecular weight excluding hydrogens is 390 g/mol. The molecule has 3 N–H and O–H groups in total. The molecule has 0 saturated heterocycles. The van der Waals surface area contributed by atoms with Gasteiger partial charge in [0.05, 0.1) is 12.0 Å². The van der Waals surface area contributed by atoms with E-state index in [1.807, 2.05) is 7.05 Å². The van der Waals surface area contributed by atoms with E-state index in [2.05, 4.69) is 15.4 Å². The number of hydrogen-bond acceptors (Lipinski definition) is 5. The van der Waals surface area contributed by atoms with Gasteiger partial charge in [-0.15, -0.1) is 12.4 Å². The van der Waals surface area contributed by atoms with Crippen molar-refractivity contribution >= 4 is 34.0 Å². The number of carbonyl (C=O) groups is 1. The Kier molecular flexibility index (Phi) is 9.07. The van der Waals surface area contributed by atoms with Crippen molar-refractivity contribution < 1.29 is 17.9 Å². The monoisotopic (exact) mass is 413 g/mol. The third kappa shape index (κ3) is 6.74. The minimum absolute atomic E-state index is 0. The van der Waals surface area contributed by atoms with Crippen LogP contribution in [0.1, 0.15) is 16.8 Å². The fraction of sp³-hybridized carbons (Fsp3) is 0.278. The van der Waals surface area contributed by atoms with E-state index in [-0.39, 0.29) is 23.2 Å². The number of methoxy groups -OCH3 is 1. The molecule has 0 aliphatic carbocycles. The molecular formula is C18H24ClN3O4S. The number of nitrogens with one attached hydrogen (secondary N) is 3. The third-order valence-corrected chi connectivity index (χ3v) is 5.02. The smallest absolute Gasteiger partial charge is 0.261 e. The molecule has 0 aliphatic heterocycles. The van der Waals surface area contributed by atoms with Crippen LogP contribution in [0.3, 0.4) is 0 Å². The van der Waals surface area contributed by atoms with Gasteiger partial charge in [0.1, 0.15) is 5.75 Å². The molecule has 0 radical (unpaired) electrons. The second-order valence-electron chi connectivity index (χ2n) is 5.57. The molecule has 148 valence electrons. The van der Waals surface area contributed by atoms with E-state index in [4.69, 9.17) is 4.74 Å². The Morgan fingerprint density at radius 2 is 1.78 bits per heavy atom. The molecule has 0 heterocycles. The minimum atomic E-state index is -3.80. The molecule has 0 bridgehead atoms. The molecule has 0 spiro atoms. The highest BCUT2D eigenvalue weighted by atomic mass is 35.5. The maximum atomic E-state index is 12.5. The summed E-state index contributed by atoms with van der Waals surface area (Å²) in [6.45, 7) is 1.31. The van der Waals surface area contributed by atoms with Crippen molar-refractivity contribution in [2.45, 2.75) is 11.3 Å². The Balaban J connectivity index is 0.00000364. The van der Waals surface area contributed by atoms with Crippen molar-refractivity contribution in [3.8, 4) is 5.75 Å². The van der Waals surface area contributed by atoms with E-state index in [1.54, 1.807) is 36.4 Å². The zero-order valence-electron chi connectivity index (χ0n) is 15.2. The maximum Gasteiger partial charge on any atom is 0.261 e. The highest BCUT2D eigenvalue weighted by Crippen LogP contribution is 2.20. The molecule has 27 heavy (non-hydrogen) atoms. The Bertz CT molecular complexity index is 842. The highest BCUT2D eigenvalue weighted by molar-refractivity contribution is 7.92. The molecule has 2 rings (SSSR count). The summed E-state index contributed by atoms with van der Waals surface area (Å²) in [4.78, 5) is 12.2. The largest absolute Gasteiger partial charge is 0.497 e. The first-order chi connectivity index (χ1) is 12.5. The van der Waals surface area contributed by atoms with E-state index >= 15 is 0 Å². The van der Waals surface area contributed by atoms with Crippen LogP contribution in [0.4, 0.5) is 5.69 Å². The van der Waals surface area contributed by atoms with Crippen molar-refractivity contribution in [1.29, 1.82) is 0 Å². The van der Waals surface area contributed by atoms with Crippen molar-refractivity contribution in [2.75, 3.05) is 32.0 Å². The van der Waals surface area contributed by atoms with Crippen LogP contribution >= 0.6 is 12.4 Å². The Morgan fingerprint density at radius 3 is 2.41 bits per heavy atom. The second kappa shape index (κ2) is 10.8. The lowest BCUT2D eigenvalue weighted by Crippen LogP contribution is -2.26. The first-order valence-corrected chi connectivity index (χ1v) is 9.64. The number of ether oxygens (including phenoxy) is 1. The number of halogens is 1. The van der Waals surface area contributed by atoms with Crippen molar-refractivity contribution in [2.24, 2.45) is 0 Å². The number of rotatable bonds is 9. The van der Waals surface area contributed by atoms with Crippen LogP contribution < -0.4 is 20.1 Å². The Labute approximate surface area is 166 Å². The summed E-state index contributed by atoms with van der Waals surface area (Å²) in [6.07, 6.45) is 0.791. The molecule has 2 aromatic carbocycles. The van der Waals surface area contributed by atoms with Crippen molar-refractivity contribution in [3.05, 3.63) is 54.1 Å².